The average Bonchev–Trinajstić information content (AvgIpc) is 3.37. The molecule has 0 radical (unpaired) electrons. The monoisotopic (exact) mass is 376 g/mol. The van der Waals surface area contributed by atoms with Gasteiger partial charge in [0.2, 0.25) is 0 Å². The minimum Gasteiger partial charge on any atom is -0.377 e. The highest BCUT2D eigenvalue weighted by Crippen LogP contribution is 2.26. The molecule has 0 unspecified atom stereocenters. The number of nitrogens with zero attached hydrogens (tertiary/aromatic N) is 3. The number of pyridine rings is 1. The lowest BCUT2D eigenvalue weighted by Crippen LogP contribution is -2.31. The van der Waals surface area contributed by atoms with Gasteiger partial charge in [-0.05, 0) is 61.6 Å². The summed E-state index contributed by atoms with van der Waals surface area (Å²) < 4.78 is 5.91. The van der Waals surface area contributed by atoms with Gasteiger partial charge < -0.3 is 4.74 Å². The molecule has 1 fully saturated rings. The molecule has 146 valence electrons. The van der Waals surface area contributed by atoms with Gasteiger partial charge in [0, 0.05) is 49.8 Å². The lowest BCUT2D eigenvalue weighted by molar-refractivity contribution is 0.0679. The van der Waals surface area contributed by atoms with Gasteiger partial charge in [-0.2, -0.15) is 5.10 Å². The summed E-state index contributed by atoms with van der Waals surface area (Å²) >= 11 is 0. The fraction of sp³-hybridized carbons (Fsp3) is 0.391. The second-order valence-corrected chi connectivity index (χ2v) is 7.73. The van der Waals surface area contributed by atoms with Gasteiger partial charge in [-0.15, -0.1) is 0 Å². The molecule has 2 aromatic heterocycles. The number of rotatable bonds is 7. The Morgan fingerprint density at radius 2 is 1.96 bits per heavy atom. The van der Waals surface area contributed by atoms with Crippen LogP contribution in [-0.2, 0) is 17.8 Å². The predicted molar refractivity (Wildman–Crippen MR) is 111 cm³/mol. The zero-order valence-electron chi connectivity index (χ0n) is 16.7. The number of hydrogen-bond acceptors (Lipinski definition) is 4. The van der Waals surface area contributed by atoms with Crippen molar-refractivity contribution in [3.05, 3.63) is 71.2 Å². The third-order valence-corrected chi connectivity index (χ3v) is 5.55. The number of aromatic amines is 1. The summed E-state index contributed by atoms with van der Waals surface area (Å²) in [5.41, 5.74) is 7.39. The number of aryl methyl sites for hydroxylation is 2. The lowest BCUT2D eigenvalue weighted by Gasteiger charge is -2.25. The molecule has 0 aliphatic carbocycles. The molecule has 4 rings (SSSR count). The van der Waals surface area contributed by atoms with Crippen molar-refractivity contribution in [1.82, 2.24) is 20.1 Å². The van der Waals surface area contributed by atoms with E-state index >= 15 is 0 Å². The van der Waals surface area contributed by atoms with Gasteiger partial charge in [-0.3, -0.25) is 15.0 Å². The third-order valence-electron chi connectivity index (χ3n) is 5.55. The number of nitrogens with one attached hydrogen (secondary N) is 1. The first-order valence-corrected chi connectivity index (χ1v) is 10.0. The minimum absolute atomic E-state index is 0.318. The zero-order chi connectivity index (χ0) is 19.3. The number of ether oxygens (including phenoxy) is 1. The summed E-state index contributed by atoms with van der Waals surface area (Å²) in [5, 5.41) is 7.56. The summed E-state index contributed by atoms with van der Waals surface area (Å²) in [6, 6.07) is 10.8. The molecular weight excluding hydrogens is 348 g/mol. The molecule has 1 aliphatic heterocycles. The Balaban J connectivity index is 1.56. The maximum Gasteiger partial charge on any atom is 0.0703 e. The maximum atomic E-state index is 5.91. The van der Waals surface area contributed by atoms with Crippen molar-refractivity contribution in [2.75, 3.05) is 13.2 Å². The van der Waals surface area contributed by atoms with E-state index in [1.807, 2.05) is 18.6 Å². The maximum absolute atomic E-state index is 5.91. The molecular formula is C23H28N4O. The minimum atomic E-state index is 0.318. The van der Waals surface area contributed by atoms with Crippen LogP contribution in [0.4, 0.5) is 0 Å². The first kappa shape index (κ1) is 18.8. The Kier molecular flexibility index (Phi) is 5.84. The molecule has 3 heterocycles. The van der Waals surface area contributed by atoms with Crippen LogP contribution in [0.2, 0.25) is 0 Å². The zero-order valence-corrected chi connectivity index (χ0v) is 16.7. The molecule has 0 bridgehead atoms. The SMILES string of the molecule is Cc1ccc(-c2[nH]ncc2CN(Cc2ccncc2)C[C@H]2CCCO2)cc1C. The van der Waals surface area contributed by atoms with E-state index in [0.29, 0.717) is 6.10 Å². The van der Waals surface area contributed by atoms with E-state index in [9.17, 15) is 0 Å². The molecule has 5 heteroatoms. The predicted octanol–water partition coefficient (Wildman–Crippen LogP) is 4.27. The van der Waals surface area contributed by atoms with E-state index in [1.165, 1.54) is 27.8 Å². The van der Waals surface area contributed by atoms with Crippen molar-refractivity contribution in [3.8, 4) is 11.3 Å². The van der Waals surface area contributed by atoms with Crippen LogP contribution < -0.4 is 0 Å². The number of aromatic nitrogens is 3. The number of hydrogen-bond donors (Lipinski definition) is 1. The Bertz CT molecular complexity index is 900. The van der Waals surface area contributed by atoms with Crippen LogP contribution in [0.1, 0.15) is 35.1 Å². The fourth-order valence-electron chi connectivity index (χ4n) is 3.83. The van der Waals surface area contributed by atoms with Gasteiger partial charge in [0.05, 0.1) is 18.0 Å². The van der Waals surface area contributed by atoms with E-state index in [-0.39, 0.29) is 0 Å². The topological polar surface area (TPSA) is 54.0 Å². The van der Waals surface area contributed by atoms with Crippen LogP contribution >= 0.6 is 0 Å². The average molecular weight is 377 g/mol. The molecule has 1 saturated heterocycles. The van der Waals surface area contributed by atoms with Crippen molar-refractivity contribution in [2.24, 2.45) is 0 Å². The van der Waals surface area contributed by atoms with E-state index in [0.717, 1.165) is 44.8 Å². The fourth-order valence-corrected chi connectivity index (χ4v) is 3.83. The highest BCUT2D eigenvalue weighted by atomic mass is 16.5. The first-order valence-electron chi connectivity index (χ1n) is 10.0. The van der Waals surface area contributed by atoms with E-state index < -0.39 is 0 Å². The molecule has 0 spiro atoms. The van der Waals surface area contributed by atoms with Crippen LogP contribution in [0.15, 0.2) is 48.9 Å². The van der Waals surface area contributed by atoms with Crippen molar-refractivity contribution in [3.63, 3.8) is 0 Å². The van der Waals surface area contributed by atoms with E-state index in [2.05, 4.69) is 64.3 Å². The number of H-pyrrole nitrogens is 1. The molecule has 1 aliphatic rings. The third kappa shape index (κ3) is 4.49. The summed E-state index contributed by atoms with van der Waals surface area (Å²) in [6.45, 7) is 7.82. The summed E-state index contributed by atoms with van der Waals surface area (Å²) in [5.74, 6) is 0. The molecule has 3 aromatic rings. The summed E-state index contributed by atoms with van der Waals surface area (Å²) in [6.07, 6.45) is 8.30. The molecule has 0 saturated carbocycles. The molecule has 1 atom stereocenters. The molecule has 28 heavy (non-hydrogen) atoms. The second-order valence-electron chi connectivity index (χ2n) is 7.73. The largest absolute Gasteiger partial charge is 0.377 e. The Hall–Kier alpha value is -2.50. The quantitative estimate of drug-likeness (QED) is 0.669. The lowest BCUT2D eigenvalue weighted by atomic mass is 10.0. The van der Waals surface area contributed by atoms with E-state index in [4.69, 9.17) is 4.74 Å². The highest BCUT2D eigenvalue weighted by Gasteiger charge is 2.21. The summed E-state index contributed by atoms with van der Waals surface area (Å²) in [7, 11) is 0. The van der Waals surface area contributed by atoms with Gasteiger partial charge in [0.25, 0.3) is 0 Å². The normalized spacial score (nSPS) is 16.8. The van der Waals surface area contributed by atoms with Crippen molar-refractivity contribution in [2.45, 2.75) is 45.9 Å². The van der Waals surface area contributed by atoms with Crippen LogP contribution in [0.25, 0.3) is 11.3 Å². The van der Waals surface area contributed by atoms with Gasteiger partial charge in [-0.25, -0.2) is 0 Å². The van der Waals surface area contributed by atoms with Gasteiger partial charge >= 0.3 is 0 Å². The molecule has 5 nitrogen and oxygen atoms in total. The van der Waals surface area contributed by atoms with Crippen molar-refractivity contribution < 1.29 is 4.74 Å². The Morgan fingerprint density at radius 1 is 1.11 bits per heavy atom. The van der Waals surface area contributed by atoms with Gasteiger partial charge in [0.15, 0.2) is 0 Å². The standard InChI is InChI=1S/C23H28N4O/c1-17-5-6-20(12-18(17)2)23-21(13-25-26-23)15-27(16-22-4-3-11-28-22)14-19-7-9-24-10-8-19/h5-10,12-13,22H,3-4,11,14-16H2,1-2H3,(H,25,26)/t22-/m1/s1. The first-order chi connectivity index (χ1) is 13.7. The molecule has 1 aromatic carbocycles. The van der Waals surface area contributed by atoms with Crippen LogP contribution in [-0.4, -0.2) is 39.3 Å². The van der Waals surface area contributed by atoms with Crippen LogP contribution in [0, 0.1) is 13.8 Å². The van der Waals surface area contributed by atoms with Gasteiger partial charge in [-0.1, -0.05) is 12.1 Å². The molecule has 0 amide bonds. The number of benzene rings is 1. The van der Waals surface area contributed by atoms with E-state index in [1.54, 1.807) is 0 Å². The van der Waals surface area contributed by atoms with Crippen molar-refractivity contribution >= 4 is 0 Å². The molecule has 1 N–H and O–H groups in total. The smallest absolute Gasteiger partial charge is 0.0703 e. The second kappa shape index (κ2) is 8.67. The van der Waals surface area contributed by atoms with Crippen LogP contribution in [0.5, 0.6) is 0 Å². The van der Waals surface area contributed by atoms with Crippen molar-refractivity contribution in [1.29, 1.82) is 0 Å². The Morgan fingerprint density at radius 3 is 2.71 bits per heavy atom. The highest BCUT2D eigenvalue weighted by molar-refractivity contribution is 5.64. The van der Waals surface area contributed by atoms with Crippen LogP contribution in [0.3, 0.4) is 0 Å². The summed E-state index contributed by atoms with van der Waals surface area (Å²) in [4.78, 5) is 6.60. The Labute approximate surface area is 166 Å². The van der Waals surface area contributed by atoms with Gasteiger partial charge in [0.1, 0.15) is 0 Å².